The Kier molecular flexibility index (Phi) is 7.17. The molecule has 0 bridgehead atoms. The summed E-state index contributed by atoms with van der Waals surface area (Å²) >= 11 is 0. The quantitative estimate of drug-likeness (QED) is 0.555. The van der Waals surface area contributed by atoms with Gasteiger partial charge in [0.2, 0.25) is 5.88 Å². The molecule has 0 radical (unpaired) electrons. The minimum atomic E-state index is -2.27. The zero-order valence-electron chi connectivity index (χ0n) is 17.0. The van der Waals surface area contributed by atoms with Crippen molar-refractivity contribution >= 4 is 5.97 Å². The number of aliphatic hydroxyl groups is 1. The number of nitrogens with two attached hydrogens (primary N) is 1. The van der Waals surface area contributed by atoms with Gasteiger partial charge in [0.1, 0.15) is 12.4 Å². The third kappa shape index (κ3) is 5.64. The fraction of sp³-hybridized carbons (Fsp3) is 0.524. The van der Waals surface area contributed by atoms with E-state index in [0.29, 0.717) is 17.4 Å². The molecule has 2 unspecified atom stereocenters. The van der Waals surface area contributed by atoms with Gasteiger partial charge in [-0.15, -0.1) is 0 Å². The predicted octanol–water partition coefficient (Wildman–Crippen LogP) is 1.59. The van der Waals surface area contributed by atoms with E-state index in [0.717, 1.165) is 25.7 Å². The summed E-state index contributed by atoms with van der Waals surface area (Å²) in [6.07, 6.45) is 9.92. The zero-order chi connectivity index (χ0) is 21.6. The van der Waals surface area contributed by atoms with Gasteiger partial charge in [0.15, 0.2) is 5.60 Å². The molecule has 1 fully saturated rings. The predicted molar refractivity (Wildman–Crippen MR) is 108 cm³/mol. The van der Waals surface area contributed by atoms with Gasteiger partial charge >= 0.3 is 5.97 Å². The van der Waals surface area contributed by atoms with Crippen molar-refractivity contribution in [1.82, 2.24) is 15.0 Å². The Labute approximate surface area is 175 Å². The summed E-state index contributed by atoms with van der Waals surface area (Å²) in [4.78, 5) is 23.8. The van der Waals surface area contributed by atoms with Crippen molar-refractivity contribution in [3.05, 3.63) is 42.6 Å². The van der Waals surface area contributed by atoms with Crippen molar-refractivity contribution in [2.45, 2.75) is 56.8 Å². The normalized spacial score (nSPS) is 22.0. The molecular formula is C21H28N4O5. The van der Waals surface area contributed by atoms with E-state index in [-0.39, 0.29) is 25.0 Å². The van der Waals surface area contributed by atoms with Gasteiger partial charge in [-0.1, -0.05) is 6.92 Å². The Bertz CT molecular complexity index is 829. The zero-order valence-corrected chi connectivity index (χ0v) is 17.0. The number of ether oxygens (including phenoxy) is 2. The number of pyridine rings is 1. The molecule has 0 saturated heterocycles. The molecule has 9 heteroatoms. The third-order valence-corrected chi connectivity index (χ3v) is 5.44. The second-order valence-electron chi connectivity index (χ2n) is 7.85. The molecule has 3 rings (SSSR count). The van der Waals surface area contributed by atoms with Crippen LogP contribution >= 0.6 is 0 Å². The Hall–Kier alpha value is -2.78. The fourth-order valence-electron chi connectivity index (χ4n) is 3.48. The third-order valence-electron chi connectivity index (χ3n) is 5.44. The summed E-state index contributed by atoms with van der Waals surface area (Å²) in [5.74, 6) is 0.0637. The Morgan fingerprint density at radius 2 is 2.03 bits per heavy atom. The highest BCUT2D eigenvalue weighted by Gasteiger charge is 2.43. The lowest BCUT2D eigenvalue weighted by atomic mass is 9.89. The highest BCUT2D eigenvalue weighted by atomic mass is 16.5. The summed E-state index contributed by atoms with van der Waals surface area (Å²) in [5, 5.41) is 20.5. The lowest BCUT2D eigenvalue weighted by Crippen LogP contribution is -2.58. The summed E-state index contributed by atoms with van der Waals surface area (Å²) in [6, 6.07) is 2.17. The molecule has 30 heavy (non-hydrogen) atoms. The molecule has 1 saturated carbocycles. The van der Waals surface area contributed by atoms with E-state index in [1.165, 1.54) is 18.6 Å². The summed E-state index contributed by atoms with van der Waals surface area (Å²) in [5.41, 5.74) is 4.09. The van der Waals surface area contributed by atoms with Crippen LogP contribution < -0.4 is 15.2 Å². The molecule has 2 atom stereocenters. The maximum Gasteiger partial charge on any atom is 0.337 e. The first-order valence-corrected chi connectivity index (χ1v) is 10.1. The van der Waals surface area contributed by atoms with E-state index in [1.54, 1.807) is 18.3 Å². The Morgan fingerprint density at radius 1 is 1.27 bits per heavy atom. The number of nitrogens with zero attached hydrogens (tertiary/aromatic N) is 3. The first-order valence-electron chi connectivity index (χ1n) is 10.1. The van der Waals surface area contributed by atoms with Crippen molar-refractivity contribution in [2.24, 2.45) is 11.7 Å². The highest BCUT2D eigenvalue weighted by molar-refractivity contribution is 5.78. The van der Waals surface area contributed by atoms with Gasteiger partial charge in [-0.2, -0.15) is 0 Å². The Balaban J connectivity index is 1.65. The smallest absolute Gasteiger partial charge is 0.337 e. The lowest BCUT2D eigenvalue weighted by Gasteiger charge is -2.29. The van der Waals surface area contributed by atoms with Crippen molar-refractivity contribution in [2.75, 3.05) is 6.61 Å². The van der Waals surface area contributed by atoms with Crippen molar-refractivity contribution in [1.29, 1.82) is 0 Å². The van der Waals surface area contributed by atoms with Crippen molar-refractivity contribution < 1.29 is 24.5 Å². The maximum absolute atomic E-state index is 11.8. The van der Waals surface area contributed by atoms with Crippen LogP contribution in [0.15, 0.2) is 36.9 Å². The standard InChI is InChI=1S/C21H28N4O5/c1-14-2-4-16(5-3-14)30-17-6-7-24-15(10-17)11-21(28,20(26)27)18(22)13-29-19-12-23-8-9-25-19/h6-10,12,14,16,18,28H,2-5,11,13,22H2,1H3,(H,26,27). The average Bonchev–Trinajstić information content (AvgIpc) is 2.74. The molecule has 162 valence electrons. The Morgan fingerprint density at radius 3 is 2.70 bits per heavy atom. The van der Waals surface area contributed by atoms with E-state index in [1.807, 2.05) is 0 Å². The number of carboxylic acids is 1. The van der Waals surface area contributed by atoms with Crippen LogP contribution in [0.25, 0.3) is 0 Å². The van der Waals surface area contributed by atoms with Gasteiger partial charge in [-0.25, -0.2) is 9.78 Å². The van der Waals surface area contributed by atoms with Crippen LogP contribution in [0.5, 0.6) is 11.6 Å². The van der Waals surface area contributed by atoms with E-state index in [4.69, 9.17) is 15.2 Å². The number of aliphatic carboxylic acids is 1. The van der Waals surface area contributed by atoms with Crippen LogP contribution in [0.1, 0.15) is 38.3 Å². The van der Waals surface area contributed by atoms with Gasteiger partial charge in [0, 0.05) is 36.8 Å². The van der Waals surface area contributed by atoms with E-state index in [2.05, 4.69) is 21.9 Å². The summed E-state index contributed by atoms with van der Waals surface area (Å²) in [6.45, 7) is 1.99. The monoisotopic (exact) mass is 416 g/mol. The van der Waals surface area contributed by atoms with Crippen molar-refractivity contribution in [3.8, 4) is 11.6 Å². The molecule has 2 heterocycles. The molecule has 2 aromatic rings. The molecule has 0 aromatic carbocycles. The number of carboxylic acid groups (broad SMARTS) is 1. The maximum atomic E-state index is 11.8. The average molecular weight is 416 g/mol. The van der Waals surface area contributed by atoms with Crippen LogP contribution in [-0.4, -0.2) is 55.5 Å². The van der Waals surface area contributed by atoms with Gasteiger partial charge < -0.3 is 25.4 Å². The topological polar surface area (TPSA) is 141 Å². The second kappa shape index (κ2) is 9.82. The number of hydrogen-bond acceptors (Lipinski definition) is 8. The molecule has 1 aliphatic rings. The second-order valence-corrected chi connectivity index (χ2v) is 7.85. The molecule has 1 aliphatic carbocycles. The van der Waals surface area contributed by atoms with Crippen LogP contribution in [0.3, 0.4) is 0 Å². The van der Waals surface area contributed by atoms with E-state index in [9.17, 15) is 15.0 Å². The van der Waals surface area contributed by atoms with Gasteiger partial charge in [0.05, 0.1) is 18.3 Å². The van der Waals surface area contributed by atoms with E-state index >= 15 is 0 Å². The van der Waals surface area contributed by atoms with Gasteiger partial charge in [-0.05, 0) is 37.7 Å². The van der Waals surface area contributed by atoms with Gasteiger partial charge in [-0.3, -0.25) is 9.97 Å². The molecule has 0 spiro atoms. The lowest BCUT2D eigenvalue weighted by molar-refractivity contribution is -0.161. The van der Waals surface area contributed by atoms with Crippen LogP contribution in [0, 0.1) is 5.92 Å². The molecule has 4 N–H and O–H groups in total. The summed E-state index contributed by atoms with van der Waals surface area (Å²) in [7, 11) is 0. The fourth-order valence-corrected chi connectivity index (χ4v) is 3.48. The largest absolute Gasteiger partial charge is 0.490 e. The molecular weight excluding hydrogens is 388 g/mol. The van der Waals surface area contributed by atoms with Gasteiger partial charge in [0.25, 0.3) is 0 Å². The minimum Gasteiger partial charge on any atom is -0.490 e. The molecule has 0 amide bonds. The first-order chi connectivity index (χ1) is 14.4. The van der Waals surface area contributed by atoms with Crippen LogP contribution in [0.4, 0.5) is 0 Å². The number of aromatic nitrogens is 3. The van der Waals surface area contributed by atoms with E-state index < -0.39 is 17.6 Å². The molecule has 0 aliphatic heterocycles. The van der Waals surface area contributed by atoms with Crippen molar-refractivity contribution in [3.63, 3.8) is 0 Å². The number of rotatable bonds is 9. The molecule has 9 nitrogen and oxygen atoms in total. The van der Waals surface area contributed by atoms with Crippen LogP contribution in [0.2, 0.25) is 0 Å². The molecule has 2 aromatic heterocycles. The minimum absolute atomic E-state index is 0.137. The highest BCUT2D eigenvalue weighted by Crippen LogP contribution is 2.28. The number of carbonyl (C=O) groups is 1. The van der Waals surface area contributed by atoms with Crippen LogP contribution in [-0.2, 0) is 11.2 Å². The number of hydrogen-bond donors (Lipinski definition) is 3. The SMILES string of the molecule is CC1CCC(Oc2ccnc(CC(O)(C(=O)O)C(N)COc3cnccn3)c2)CC1. The summed E-state index contributed by atoms with van der Waals surface area (Å²) < 4.78 is 11.4. The first kappa shape index (κ1) is 21.9.